The predicted octanol–water partition coefficient (Wildman–Crippen LogP) is 3.31. The summed E-state index contributed by atoms with van der Waals surface area (Å²) in [5.41, 5.74) is 1.71. The van der Waals surface area contributed by atoms with Crippen molar-refractivity contribution in [3.05, 3.63) is 29.8 Å². The first-order valence-corrected chi connectivity index (χ1v) is 8.69. The molecule has 98 valence electrons. The second kappa shape index (κ2) is 4.09. The zero-order chi connectivity index (χ0) is 12.8. The van der Waals surface area contributed by atoms with Crippen LogP contribution in [0.2, 0.25) is 0 Å². The molecule has 0 heterocycles. The Balaban J connectivity index is 1.93. The zero-order valence-electron chi connectivity index (χ0n) is 10.9. The zero-order valence-corrected chi connectivity index (χ0v) is 11.7. The minimum Gasteiger partial charge on any atom is -0.224 e. The van der Waals surface area contributed by atoms with Crippen LogP contribution in [-0.2, 0) is 15.3 Å². The summed E-state index contributed by atoms with van der Waals surface area (Å²) in [6, 6.07) is 7.64. The van der Waals surface area contributed by atoms with Crippen molar-refractivity contribution in [1.82, 2.24) is 0 Å². The lowest BCUT2D eigenvalue weighted by molar-refractivity contribution is 0.136. The van der Waals surface area contributed by atoms with Crippen LogP contribution in [0.4, 0.5) is 0 Å². The van der Waals surface area contributed by atoms with Gasteiger partial charge in [0.05, 0.1) is 4.90 Å². The first kappa shape index (κ1) is 12.2. The molecule has 0 radical (unpaired) electrons. The third kappa shape index (κ3) is 1.99. The van der Waals surface area contributed by atoms with E-state index in [4.69, 9.17) is 0 Å². The van der Waals surface area contributed by atoms with E-state index in [1.165, 1.54) is 50.3 Å². The van der Waals surface area contributed by atoms with Crippen molar-refractivity contribution in [2.24, 2.45) is 5.92 Å². The molecule has 18 heavy (non-hydrogen) atoms. The number of sulfone groups is 1. The molecule has 2 bridgehead atoms. The van der Waals surface area contributed by atoms with E-state index in [-0.39, 0.29) is 0 Å². The molecule has 3 aliphatic rings. The monoisotopic (exact) mass is 264 g/mol. The van der Waals surface area contributed by atoms with Crippen molar-refractivity contribution < 1.29 is 8.42 Å². The highest BCUT2D eigenvalue weighted by molar-refractivity contribution is 7.90. The van der Waals surface area contributed by atoms with Crippen LogP contribution in [0.3, 0.4) is 0 Å². The molecule has 1 aromatic carbocycles. The van der Waals surface area contributed by atoms with Crippen LogP contribution < -0.4 is 0 Å². The van der Waals surface area contributed by atoms with Gasteiger partial charge in [0.15, 0.2) is 9.84 Å². The van der Waals surface area contributed by atoms with Crippen molar-refractivity contribution >= 4 is 9.84 Å². The molecule has 2 nitrogen and oxygen atoms in total. The van der Waals surface area contributed by atoms with E-state index in [9.17, 15) is 8.42 Å². The number of hydrogen-bond donors (Lipinski definition) is 0. The number of hydrogen-bond acceptors (Lipinski definition) is 2. The molecule has 0 atom stereocenters. The van der Waals surface area contributed by atoms with Gasteiger partial charge in [0.2, 0.25) is 0 Å². The fraction of sp³-hybridized carbons (Fsp3) is 0.600. The van der Waals surface area contributed by atoms with Gasteiger partial charge in [0, 0.05) is 6.26 Å². The maximum Gasteiger partial charge on any atom is 0.175 e. The molecule has 0 amide bonds. The lowest BCUT2D eigenvalue weighted by Gasteiger charge is -2.47. The summed E-state index contributed by atoms with van der Waals surface area (Å²) in [4.78, 5) is 0.437. The van der Waals surface area contributed by atoms with E-state index in [0.717, 1.165) is 5.92 Å². The van der Waals surface area contributed by atoms with Crippen molar-refractivity contribution in [3.8, 4) is 0 Å². The van der Waals surface area contributed by atoms with Crippen LogP contribution >= 0.6 is 0 Å². The van der Waals surface area contributed by atoms with Gasteiger partial charge in [-0.15, -0.1) is 0 Å². The standard InChI is InChI=1S/C15H20O2S/c1-18(16,17)14-4-2-13(3-5-14)15-9-6-12(7-10-15)8-11-15/h2-5,12H,6-11H2,1H3. The minimum absolute atomic E-state index is 0.352. The van der Waals surface area contributed by atoms with Crippen LogP contribution in [-0.4, -0.2) is 14.7 Å². The number of fused-ring (bicyclic) bond motifs is 3. The second-order valence-electron chi connectivity index (χ2n) is 6.06. The Morgan fingerprint density at radius 1 is 1.00 bits per heavy atom. The molecular formula is C15H20O2S. The Hall–Kier alpha value is -0.830. The highest BCUT2D eigenvalue weighted by Gasteiger charge is 2.41. The second-order valence-corrected chi connectivity index (χ2v) is 8.07. The molecule has 0 spiro atoms. The van der Waals surface area contributed by atoms with E-state index in [0.29, 0.717) is 10.3 Å². The van der Waals surface area contributed by atoms with Crippen LogP contribution in [0.25, 0.3) is 0 Å². The highest BCUT2D eigenvalue weighted by Crippen LogP contribution is 2.51. The fourth-order valence-electron chi connectivity index (χ4n) is 3.74. The minimum atomic E-state index is -3.07. The number of benzene rings is 1. The topological polar surface area (TPSA) is 34.1 Å². The van der Waals surface area contributed by atoms with Gasteiger partial charge in [-0.05, 0) is 67.6 Å². The van der Waals surface area contributed by atoms with E-state index in [2.05, 4.69) is 0 Å². The molecule has 3 fully saturated rings. The van der Waals surface area contributed by atoms with Gasteiger partial charge in [0.25, 0.3) is 0 Å². The molecular weight excluding hydrogens is 244 g/mol. The summed E-state index contributed by atoms with van der Waals surface area (Å²) in [6.45, 7) is 0. The number of rotatable bonds is 2. The Kier molecular flexibility index (Phi) is 2.77. The van der Waals surface area contributed by atoms with Crippen molar-refractivity contribution in [3.63, 3.8) is 0 Å². The molecule has 0 N–H and O–H groups in total. The van der Waals surface area contributed by atoms with Gasteiger partial charge in [-0.1, -0.05) is 12.1 Å². The summed E-state index contributed by atoms with van der Waals surface area (Å²) >= 11 is 0. The Morgan fingerprint density at radius 3 is 1.94 bits per heavy atom. The van der Waals surface area contributed by atoms with Gasteiger partial charge in [-0.2, -0.15) is 0 Å². The van der Waals surface area contributed by atoms with E-state index >= 15 is 0 Å². The Bertz CT molecular complexity index is 521. The van der Waals surface area contributed by atoms with Gasteiger partial charge in [-0.25, -0.2) is 8.42 Å². The molecule has 1 aromatic rings. The largest absolute Gasteiger partial charge is 0.224 e. The normalized spacial score (nSPS) is 31.5. The van der Waals surface area contributed by atoms with Crippen LogP contribution in [0.1, 0.15) is 44.1 Å². The summed E-state index contributed by atoms with van der Waals surface area (Å²) in [6.07, 6.45) is 9.20. The Labute approximate surface area is 109 Å². The summed E-state index contributed by atoms with van der Waals surface area (Å²) < 4.78 is 23.0. The third-order valence-corrected chi connectivity index (χ3v) is 6.12. The van der Waals surface area contributed by atoms with E-state index in [1.807, 2.05) is 12.1 Å². The fourth-order valence-corrected chi connectivity index (χ4v) is 4.37. The van der Waals surface area contributed by atoms with Crippen molar-refractivity contribution in [2.75, 3.05) is 6.26 Å². The molecule has 0 aliphatic heterocycles. The quantitative estimate of drug-likeness (QED) is 0.821. The summed E-state index contributed by atoms with van der Waals surface area (Å²) in [5.74, 6) is 0.960. The van der Waals surface area contributed by atoms with E-state index in [1.54, 1.807) is 12.1 Å². The maximum absolute atomic E-state index is 11.5. The molecule has 4 rings (SSSR count). The summed E-state index contributed by atoms with van der Waals surface area (Å²) in [7, 11) is -3.07. The lowest BCUT2D eigenvalue weighted by Crippen LogP contribution is -2.37. The average molecular weight is 264 g/mol. The molecule has 3 heteroatoms. The van der Waals surface area contributed by atoms with Gasteiger partial charge in [-0.3, -0.25) is 0 Å². The molecule has 0 saturated heterocycles. The van der Waals surface area contributed by atoms with Crippen LogP contribution in [0.5, 0.6) is 0 Å². The molecule has 0 aromatic heterocycles. The first-order valence-electron chi connectivity index (χ1n) is 6.80. The Morgan fingerprint density at radius 2 is 1.50 bits per heavy atom. The first-order chi connectivity index (χ1) is 8.50. The van der Waals surface area contributed by atoms with Gasteiger partial charge >= 0.3 is 0 Å². The lowest BCUT2D eigenvalue weighted by atomic mass is 9.58. The average Bonchev–Trinajstić information content (AvgIpc) is 2.40. The predicted molar refractivity (Wildman–Crippen MR) is 72.4 cm³/mol. The van der Waals surface area contributed by atoms with Crippen molar-refractivity contribution in [2.45, 2.75) is 48.8 Å². The third-order valence-electron chi connectivity index (χ3n) is 4.99. The molecule has 0 unspecified atom stereocenters. The molecule has 3 aliphatic carbocycles. The van der Waals surface area contributed by atoms with Crippen LogP contribution in [0.15, 0.2) is 29.2 Å². The smallest absolute Gasteiger partial charge is 0.175 e. The van der Waals surface area contributed by atoms with E-state index < -0.39 is 9.84 Å². The van der Waals surface area contributed by atoms with Gasteiger partial charge < -0.3 is 0 Å². The molecule has 3 saturated carbocycles. The highest BCUT2D eigenvalue weighted by atomic mass is 32.2. The van der Waals surface area contributed by atoms with Crippen molar-refractivity contribution in [1.29, 1.82) is 0 Å². The maximum atomic E-state index is 11.5. The van der Waals surface area contributed by atoms with Crippen LogP contribution in [0, 0.1) is 5.92 Å². The summed E-state index contributed by atoms with van der Waals surface area (Å²) in [5, 5.41) is 0. The van der Waals surface area contributed by atoms with Gasteiger partial charge in [0.1, 0.15) is 0 Å². The SMILES string of the molecule is CS(=O)(=O)c1ccc(C23CCC(CC2)CC3)cc1.